The molecule has 0 heterocycles. The Morgan fingerprint density at radius 2 is 2.07 bits per heavy atom. The number of benzene rings is 1. The van der Waals surface area contributed by atoms with Crippen LogP contribution in [-0.2, 0) is 10.2 Å². The van der Waals surface area contributed by atoms with Gasteiger partial charge in [-0.25, -0.2) is 0 Å². The smallest absolute Gasteiger partial charge is 0.313 e. The molecule has 0 bridgehead atoms. The standard InChI is InChI=1S/C12H16O3/c1-4-12(3,11(14)15)9-7-8(2)5-6-10(9)13/h5-7,13H,4H2,1-3H3,(H,14,15). The Labute approximate surface area is 89.4 Å². The summed E-state index contributed by atoms with van der Waals surface area (Å²) in [5.74, 6) is -0.863. The van der Waals surface area contributed by atoms with E-state index in [9.17, 15) is 15.0 Å². The van der Waals surface area contributed by atoms with E-state index in [1.54, 1.807) is 32.0 Å². The van der Waals surface area contributed by atoms with Crippen molar-refractivity contribution in [2.45, 2.75) is 32.6 Å². The van der Waals surface area contributed by atoms with Gasteiger partial charge in [0.1, 0.15) is 5.75 Å². The molecule has 0 saturated heterocycles. The molecule has 15 heavy (non-hydrogen) atoms. The van der Waals surface area contributed by atoms with Crippen molar-refractivity contribution in [3.63, 3.8) is 0 Å². The van der Waals surface area contributed by atoms with E-state index >= 15 is 0 Å². The molecular weight excluding hydrogens is 192 g/mol. The van der Waals surface area contributed by atoms with Crippen molar-refractivity contribution in [3.8, 4) is 5.75 Å². The Morgan fingerprint density at radius 3 is 2.53 bits per heavy atom. The summed E-state index contributed by atoms with van der Waals surface area (Å²) < 4.78 is 0. The topological polar surface area (TPSA) is 57.5 Å². The van der Waals surface area contributed by atoms with E-state index < -0.39 is 11.4 Å². The van der Waals surface area contributed by atoms with Crippen molar-refractivity contribution in [3.05, 3.63) is 29.3 Å². The number of carboxylic acid groups (broad SMARTS) is 1. The lowest BCUT2D eigenvalue weighted by Crippen LogP contribution is -2.31. The number of phenolic OH excluding ortho intramolecular Hbond substituents is 1. The molecule has 3 heteroatoms. The molecule has 0 aliphatic heterocycles. The number of aryl methyl sites for hydroxylation is 1. The number of phenols is 1. The zero-order valence-corrected chi connectivity index (χ0v) is 9.24. The van der Waals surface area contributed by atoms with Crippen LogP contribution in [0, 0.1) is 6.92 Å². The van der Waals surface area contributed by atoms with Crippen molar-refractivity contribution in [1.29, 1.82) is 0 Å². The Hall–Kier alpha value is -1.51. The van der Waals surface area contributed by atoms with Gasteiger partial charge in [-0.15, -0.1) is 0 Å². The van der Waals surface area contributed by atoms with Gasteiger partial charge in [0.15, 0.2) is 0 Å². The molecular formula is C12H16O3. The summed E-state index contributed by atoms with van der Waals surface area (Å²) in [4.78, 5) is 11.2. The van der Waals surface area contributed by atoms with E-state index in [-0.39, 0.29) is 5.75 Å². The Morgan fingerprint density at radius 1 is 1.47 bits per heavy atom. The van der Waals surface area contributed by atoms with Crippen molar-refractivity contribution < 1.29 is 15.0 Å². The lowest BCUT2D eigenvalue weighted by Gasteiger charge is -2.24. The molecule has 1 rings (SSSR count). The largest absolute Gasteiger partial charge is 0.508 e. The second-order valence-electron chi connectivity index (χ2n) is 4.01. The van der Waals surface area contributed by atoms with Crippen LogP contribution in [0.3, 0.4) is 0 Å². The van der Waals surface area contributed by atoms with Crippen LogP contribution in [0.1, 0.15) is 31.4 Å². The van der Waals surface area contributed by atoms with E-state index in [1.807, 2.05) is 6.92 Å². The Balaban J connectivity index is 3.35. The first-order valence-electron chi connectivity index (χ1n) is 4.95. The maximum Gasteiger partial charge on any atom is 0.313 e. The van der Waals surface area contributed by atoms with Crippen molar-refractivity contribution in [2.75, 3.05) is 0 Å². The zero-order valence-electron chi connectivity index (χ0n) is 9.24. The van der Waals surface area contributed by atoms with E-state index in [4.69, 9.17) is 0 Å². The Bertz CT molecular complexity index is 384. The van der Waals surface area contributed by atoms with Crippen LogP contribution >= 0.6 is 0 Å². The van der Waals surface area contributed by atoms with Crippen LogP contribution < -0.4 is 0 Å². The monoisotopic (exact) mass is 208 g/mol. The second kappa shape index (κ2) is 3.93. The van der Waals surface area contributed by atoms with E-state index in [0.717, 1.165) is 5.56 Å². The van der Waals surface area contributed by atoms with Crippen LogP contribution in [-0.4, -0.2) is 16.2 Å². The van der Waals surface area contributed by atoms with E-state index in [0.29, 0.717) is 12.0 Å². The minimum atomic E-state index is -1.02. The molecule has 2 N–H and O–H groups in total. The minimum Gasteiger partial charge on any atom is -0.508 e. The highest BCUT2D eigenvalue weighted by Gasteiger charge is 2.35. The fraction of sp³-hybridized carbons (Fsp3) is 0.417. The van der Waals surface area contributed by atoms with Crippen molar-refractivity contribution >= 4 is 5.97 Å². The first-order chi connectivity index (χ1) is 6.91. The van der Waals surface area contributed by atoms with Crippen molar-refractivity contribution in [1.82, 2.24) is 0 Å². The molecule has 0 amide bonds. The average molecular weight is 208 g/mol. The molecule has 3 nitrogen and oxygen atoms in total. The van der Waals surface area contributed by atoms with E-state index in [2.05, 4.69) is 0 Å². The third-order valence-corrected chi connectivity index (χ3v) is 2.93. The fourth-order valence-electron chi connectivity index (χ4n) is 1.55. The average Bonchev–Trinajstić information content (AvgIpc) is 2.20. The summed E-state index contributed by atoms with van der Waals surface area (Å²) in [7, 11) is 0. The molecule has 82 valence electrons. The molecule has 0 aliphatic carbocycles. The molecule has 0 aliphatic rings. The van der Waals surface area contributed by atoms with Gasteiger partial charge in [0, 0.05) is 5.56 Å². The SMILES string of the molecule is CCC(C)(C(=O)O)c1cc(C)ccc1O. The molecule has 1 unspecified atom stereocenters. The number of aromatic hydroxyl groups is 1. The molecule has 0 spiro atoms. The van der Waals surface area contributed by atoms with Gasteiger partial charge in [-0.1, -0.05) is 24.6 Å². The first-order valence-corrected chi connectivity index (χ1v) is 4.95. The van der Waals surface area contributed by atoms with Gasteiger partial charge >= 0.3 is 5.97 Å². The molecule has 0 fully saturated rings. The normalized spacial score (nSPS) is 14.6. The molecule has 0 saturated carbocycles. The summed E-state index contributed by atoms with van der Waals surface area (Å²) in [6.45, 7) is 5.31. The summed E-state index contributed by atoms with van der Waals surface area (Å²) in [6.07, 6.45) is 0.444. The maximum absolute atomic E-state index is 11.2. The van der Waals surface area contributed by atoms with E-state index in [1.165, 1.54) is 0 Å². The maximum atomic E-state index is 11.2. The Kier molecular flexibility index (Phi) is 3.03. The number of rotatable bonds is 3. The molecule has 1 atom stereocenters. The fourth-order valence-corrected chi connectivity index (χ4v) is 1.55. The quantitative estimate of drug-likeness (QED) is 0.802. The molecule has 1 aromatic rings. The van der Waals surface area contributed by atoms with Gasteiger partial charge in [-0.3, -0.25) is 4.79 Å². The van der Waals surface area contributed by atoms with Crippen molar-refractivity contribution in [2.24, 2.45) is 0 Å². The molecule has 0 radical (unpaired) electrons. The highest BCUT2D eigenvalue weighted by molar-refractivity contribution is 5.81. The van der Waals surface area contributed by atoms with Crippen LogP contribution in [0.4, 0.5) is 0 Å². The van der Waals surface area contributed by atoms with Gasteiger partial charge in [0.2, 0.25) is 0 Å². The zero-order chi connectivity index (χ0) is 11.6. The minimum absolute atomic E-state index is 0.0485. The lowest BCUT2D eigenvalue weighted by molar-refractivity contribution is -0.143. The summed E-state index contributed by atoms with van der Waals surface area (Å²) in [5.41, 5.74) is 0.414. The van der Waals surface area contributed by atoms with Gasteiger partial charge < -0.3 is 10.2 Å². The molecule has 1 aromatic carbocycles. The van der Waals surface area contributed by atoms with Crippen LogP contribution in [0.15, 0.2) is 18.2 Å². The number of hydrogen-bond acceptors (Lipinski definition) is 2. The van der Waals surface area contributed by atoms with Gasteiger partial charge in [-0.2, -0.15) is 0 Å². The predicted octanol–water partition coefficient (Wildman–Crippen LogP) is 2.45. The number of carbonyl (C=O) groups is 1. The second-order valence-corrected chi connectivity index (χ2v) is 4.01. The first kappa shape index (κ1) is 11.6. The van der Waals surface area contributed by atoms with Gasteiger partial charge in [0.25, 0.3) is 0 Å². The predicted molar refractivity (Wildman–Crippen MR) is 58.1 cm³/mol. The van der Waals surface area contributed by atoms with Gasteiger partial charge in [-0.05, 0) is 26.3 Å². The third kappa shape index (κ3) is 1.96. The van der Waals surface area contributed by atoms with Crippen LogP contribution in [0.25, 0.3) is 0 Å². The number of hydrogen-bond donors (Lipinski definition) is 2. The highest BCUT2D eigenvalue weighted by atomic mass is 16.4. The summed E-state index contributed by atoms with van der Waals surface area (Å²) in [6, 6.07) is 5.03. The van der Waals surface area contributed by atoms with Crippen LogP contribution in [0.5, 0.6) is 5.75 Å². The summed E-state index contributed by atoms with van der Waals surface area (Å²) >= 11 is 0. The highest BCUT2D eigenvalue weighted by Crippen LogP contribution is 2.34. The molecule has 0 aromatic heterocycles. The third-order valence-electron chi connectivity index (χ3n) is 2.93. The van der Waals surface area contributed by atoms with Gasteiger partial charge in [0.05, 0.1) is 5.41 Å². The van der Waals surface area contributed by atoms with Crippen LogP contribution in [0.2, 0.25) is 0 Å². The summed E-state index contributed by atoms with van der Waals surface area (Å²) in [5, 5.41) is 18.9. The number of aliphatic carboxylic acids is 1. The lowest BCUT2D eigenvalue weighted by atomic mass is 9.79. The number of carboxylic acids is 1.